The summed E-state index contributed by atoms with van der Waals surface area (Å²) in [6.07, 6.45) is 4.25. The molecule has 0 amide bonds. The maximum Gasteiger partial charge on any atom is 0.330 e. The van der Waals surface area contributed by atoms with Gasteiger partial charge in [0.15, 0.2) is 0 Å². The Bertz CT molecular complexity index is 279. The van der Waals surface area contributed by atoms with Gasteiger partial charge in [-0.05, 0) is 52.9 Å². The highest BCUT2D eigenvalue weighted by atomic mass is 16.4. The van der Waals surface area contributed by atoms with E-state index in [1.807, 2.05) is 6.08 Å². The molecule has 1 saturated heterocycles. The summed E-state index contributed by atoms with van der Waals surface area (Å²) in [4.78, 5) is 15.2. The van der Waals surface area contributed by atoms with Crippen molar-refractivity contribution in [1.82, 2.24) is 9.80 Å². The normalized spacial score (nSPS) is 19.9. The monoisotopic (exact) mass is 240 g/mol. The van der Waals surface area contributed by atoms with Crippen LogP contribution in [0.5, 0.6) is 0 Å². The highest BCUT2D eigenvalue weighted by Gasteiger charge is 2.18. The van der Waals surface area contributed by atoms with Crippen molar-refractivity contribution in [3.05, 3.63) is 11.6 Å². The lowest BCUT2D eigenvalue weighted by Gasteiger charge is -2.32. The number of piperidine rings is 1. The van der Waals surface area contributed by atoms with Crippen molar-refractivity contribution in [2.24, 2.45) is 5.92 Å². The molecule has 98 valence electrons. The summed E-state index contributed by atoms with van der Waals surface area (Å²) < 4.78 is 0. The number of carboxylic acids is 1. The minimum absolute atomic E-state index is 0.445. The molecule has 1 aliphatic rings. The van der Waals surface area contributed by atoms with Crippen molar-refractivity contribution in [2.45, 2.75) is 19.8 Å². The minimum Gasteiger partial charge on any atom is -0.478 e. The average Bonchev–Trinajstić information content (AvgIpc) is 2.26. The van der Waals surface area contributed by atoms with E-state index in [1.54, 1.807) is 6.92 Å². The van der Waals surface area contributed by atoms with Crippen LogP contribution in [0.3, 0.4) is 0 Å². The maximum atomic E-state index is 10.7. The standard InChI is InChI=1S/C13H24N2O2/c1-11(13(16)17)4-7-15-8-5-12(6-9-15)10-14(2)3/h4,12H,5-10H2,1-3H3,(H,16,17). The van der Waals surface area contributed by atoms with Gasteiger partial charge in [0.25, 0.3) is 0 Å². The molecule has 1 N–H and O–H groups in total. The maximum absolute atomic E-state index is 10.7. The summed E-state index contributed by atoms with van der Waals surface area (Å²) in [6.45, 7) is 5.76. The number of hydrogen-bond donors (Lipinski definition) is 1. The lowest BCUT2D eigenvalue weighted by molar-refractivity contribution is -0.132. The lowest BCUT2D eigenvalue weighted by Crippen LogP contribution is -2.37. The predicted molar refractivity (Wildman–Crippen MR) is 69.1 cm³/mol. The molecule has 0 aromatic heterocycles. The zero-order valence-corrected chi connectivity index (χ0v) is 11.1. The Kier molecular flexibility index (Phi) is 5.65. The van der Waals surface area contributed by atoms with Crippen LogP contribution < -0.4 is 0 Å². The van der Waals surface area contributed by atoms with Gasteiger partial charge in [0.1, 0.15) is 0 Å². The molecule has 1 fully saturated rings. The summed E-state index contributed by atoms with van der Waals surface area (Å²) in [5.41, 5.74) is 0.445. The molecule has 0 aliphatic carbocycles. The van der Waals surface area contributed by atoms with Crippen LogP contribution in [0.25, 0.3) is 0 Å². The zero-order valence-electron chi connectivity index (χ0n) is 11.1. The number of carbonyl (C=O) groups is 1. The number of hydrogen-bond acceptors (Lipinski definition) is 3. The van der Waals surface area contributed by atoms with Crippen molar-refractivity contribution in [2.75, 3.05) is 40.3 Å². The Morgan fingerprint density at radius 3 is 2.47 bits per heavy atom. The second-order valence-corrected chi connectivity index (χ2v) is 5.20. The van der Waals surface area contributed by atoms with Crippen molar-refractivity contribution in [3.63, 3.8) is 0 Å². The van der Waals surface area contributed by atoms with Gasteiger partial charge in [0.05, 0.1) is 0 Å². The van der Waals surface area contributed by atoms with E-state index in [-0.39, 0.29) is 0 Å². The van der Waals surface area contributed by atoms with Gasteiger partial charge in [-0.3, -0.25) is 4.90 Å². The first kappa shape index (κ1) is 14.2. The Labute approximate surface area is 104 Å². The molecule has 4 heteroatoms. The summed E-state index contributed by atoms with van der Waals surface area (Å²) in [7, 11) is 4.23. The van der Waals surface area contributed by atoms with E-state index in [4.69, 9.17) is 5.11 Å². The fourth-order valence-corrected chi connectivity index (χ4v) is 2.22. The summed E-state index contributed by atoms with van der Waals surface area (Å²) in [5, 5.41) is 8.76. The number of likely N-dealkylation sites (tertiary alicyclic amines) is 1. The van der Waals surface area contributed by atoms with Gasteiger partial charge in [0.2, 0.25) is 0 Å². The van der Waals surface area contributed by atoms with Gasteiger partial charge in [-0.2, -0.15) is 0 Å². The Morgan fingerprint density at radius 1 is 1.41 bits per heavy atom. The smallest absolute Gasteiger partial charge is 0.330 e. The summed E-state index contributed by atoms with van der Waals surface area (Å²) in [6, 6.07) is 0. The minimum atomic E-state index is -0.813. The van der Waals surface area contributed by atoms with Crippen LogP contribution in [0.15, 0.2) is 11.6 Å². The van der Waals surface area contributed by atoms with Crippen LogP contribution in [0.1, 0.15) is 19.8 Å². The van der Waals surface area contributed by atoms with Gasteiger partial charge >= 0.3 is 5.97 Å². The predicted octanol–water partition coefficient (Wildman–Crippen LogP) is 1.29. The van der Waals surface area contributed by atoms with E-state index >= 15 is 0 Å². The second-order valence-electron chi connectivity index (χ2n) is 5.20. The van der Waals surface area contributed by atoms with Crippen LogP contribution in [-0.4, -0.2) is 61.2 Å². The molecule has 0 bridgehead atoms. The fraction of sp³-hybridized carbons (Fsp3) is 0.769. The molecule has 0 unspecified atom stereocenters. The first-order valence-electron chi connectivity index (χ1n) is 6.26. The third kappa shape index (κ3) is 5.33. The second kappa shape index (κ2) is 6.77. The van der Waals surface area contributed by atoms with Gasteiger partial charge < -0.3 is 10.0 Å². The molecule has 0 aromatic rings. The number of rotatable bonds is 5. The number of nitrogens with zero attached hydrogens (tertiary/aromatic N) is 2. The molecule has 0 aromatic carbocycles. The van der Waals surface area contributed by atoms with Crippen molar-refractivity contribution in [1.29, 1.82) is 0 Å². The molecular weight excluding hydrogens is 216 g/mol. The molecule has 17 heavy (non-hydrogen) atoms. The topological polar surface area (TPSA) is 43.8 Å². The van der Waals surface area contributed by atoms with E-state index in [1.165, 1.54) is 12.8 Å². The molecule has 0 atom stereocenters. The molecule has 1 aliphatic heterocycles. The Balaban J connectivity index is 2.28. The third-order valence-electron chi connectivity index (χ3n) is 3.32. The van der Waals surface area contributed by atoms with E-state index in [2.05, 4.69) is 23.9 Å². The van der Waals surface area contributed by atoms with E-state index < -0.39 is 5.97 Å². The molecule has 4 nitrogen and oxygen atoms in total. The summed E-state index contributed by atoms with van der Waals surface area (Å²) >= 11 is 0. The quantitative estimate of drug-likeness (QED) is 0.735. The third-order valence-corrected chi connectivity index (χ3v) is 3.32. The van der Waals surface area contributed by atoms with E-state index in [0.29, 0.717) is 5.57 Å². The molecule has 0 saturated carbocycles. The van der Waals surface area contributed by atoms with E-state index in [9.17, 15) is 4.79 Å². The Hall–Kier alpha value is -0.870. The van der Waals surface area contributed by atoms with Crippen LogP contribution in [0, 0.1) is 5.92 Å². The first-order chi connectivity index (χ1) is 7.99. The summed E-state index contributed by atoms with van der Waals surface area (Å²) in [5.74, 6) is -0.0155. The van der Waals surface area contributed by atoms with Crippen LogP contribution in [0.4, 0.5) is 0 Å². The van der Waals surface area contributed by atoms with Crippen LogP contribution in [-0.2, 0) is 4.79 Å². The lowest BCUT2D eigenvalue weighted by atomic mass is 9.96. The van der Waals surface area contributed by atoms with Crippen molar-refractivity contribution < 1.29 is 9.90 Å². The van der Waals surface area contributed by atoms with E-state index in [0.717, 1.165) is 32.1 Å². The molecular formula is C13H24N2O2. The highest BCUT2D eigenvalue weighted by molar-refractivity contribution is 5.85. The largest absolute Gasteiger partial charge is 0.478 e. The molecule has 1 rings (SSSR count). The van der Waals surface area contributed by atoms with Gasteiger partial charge in [-0.25, -0.2) is 4.79 Å². The molecule has 1 heterocycles. The zero-order chi connectivity index (χ0) is 12.8. The van der Waals surface area contributed by atoms with Crippen LogP contribution in [0.2, 0.25) is 0 Å². The molecule has 0 radical (unpaired) electrons. The van der Waals surface area contributed by atoms with Crippen molar-refractivity contribution in [3.8, 4) is 0 Å². The fourth-order valence-electron chi connectivity index (χ4n) is 2.22. The van der Waals surface area contributed by atoms with Gasteiger partial charge in [-0.1, -0.05) is 6.08 Å². The molecule has 0 spiro atoms. The number of aliphatic carboxylic acids is 1. The van der Waals surface area contributed by atoms with Gasteiger partial charge in [0, 0.05) is 18.7 Å². The average molecular weight is 240 g/mol. The Morgan fingerprint density at radius 2 is 2.00 bits per heavy atom. The first-order valence-corrected chi connectivity index (χ1v) is 6.26. The van der Waals surface area contributed by atoms with Gasteiger partial charge in [-0.15, -0.1) is 0 Å². The van der Waals surface area contributed by atoms with Crippen molar-refractivity contribution >= 4 is 5.97 Å². The number of carboxylic acid groups (broad SMARTS) is 1. The van der Waals surface area contributed by atoms with Crippen LogP contribution >= 0.6 is 0 Å². The SMILES string of the molecule is CC(=CCN1CCC(CN(C)C)CC1)C(=O)O. The highest BCUT2D eigenvalue weighted by Crippen LogP contribution is 2.17.